The van der Waals surface area contributed by atoms with Crippen molar-refractivity contribution in [1.29, 1.82) is 0 Å². The van der Waals surface area contributed by atoms with Crippen molar-refractivity contribution in [3.63, 3.8) is 0 Å². The molecule has 1 atom stereocenters. The zero-order valence-corrected chi connectivity index (χ0v) is 20.4. The molecule has 0 saturated carbocycles. The normalized spacial score (nSPS) is 15.1. The number of benzene rings is 2. The molecule has 1 aliphatic carbocycles. The highest BCUT2D eigenvalue weighted by atomic mass is 16.6. The van der Waals surface area contributed by atoms with E-state index in [0.717, 1.165) is 16.7 Å². The highest BCUT2D eigenvalue weighted by molar-refractivity contribution is 5.93. The van der Waals surface area contributed by atoms with Gasteiger partial charge in [0, 0.05) is 6.42 Å². The molecule has 34 heavy (non-hydrogen) atoms. The monoisotopic (exact) mass is 466 g/mol. The van der Waals surface area contributed by atoms with Crippen molar-refractivity contribution in [2.75, 3.05) is 13.2 Å². The second-order valence-corrected chi connectivity index (χ2v) is 9.62. The van der Waals surface area contributed by atoms with Crippen molar-refractivity contribution in [1.82, 2.24) is 10.6 Å². The van der Waals surface area contributed by atoms with Crippen LogP contribution in [0.15, 0.2) is 54.6 Å². The van der Waals surface area contributed by atoms with Gasteiger partial charge in [-0.2, -0.15) is 0 Å². The van der Waals surface area contributed by atoms with E-state index < -0.39 is 29.1 Å². The van der Waals surface area contributed by atoms with Gasteiger partial charge in [0.15, 0.2) is 0 Å². The molecule has 0 fully saturated rings. The van der Waals surface area contributed by atoms with Crippen molar-refractivity contribution in [2.45, 2.75) is 58.1 Å². The summed E-state index contributed by atoms with van der Waals surface area (Å²) in [6.45, 7) is 6.98. The van der Waals surface area contributed by atoms with Gasteiger partial charge < -0.3 is 20.1 Å². The summed E-state index contributed by atoms with van der Waals surface area (Å²) in [6, 6.07) is 17.6. The molecule has 0 aliphatic heterocycles. The van der Waals surface area contributed by atoms with Crippen molar-refractivity contribution in [3.05, 3.63) is 71.3 Å². The molecule has 2 aromatic carbocycles. The third kappa shape index (κ3) is 6.37. The van der Waals surface area contributed by atoms with Crippen molar-refractivity contribution >= 4 is 18.0 Å². The van der Waals surface area contributed by atoms with E-state index in [1.54, 1.807) is 27.7 Å². The lowest BCUT2D eigenvalue weighted by molar-refractivity contribution is -0.144. The fraction of sp³-hybridized carbons (Fsp3) is 0.444. The number of esters is 1. The van der Waals surface area contributed by atoms with E-state index >= 15 is 0 Å². The molecule has 7 nitrogen and oxygen atoms in total. The van der Waals surface area contributed by atoms with Crippen molar-refractivity contribution < 1.29 is 23.9 Å². The number of carbonyl (C=O) groups is 3. The molecule has 2 amide bonds. The topological polar surface area (TPSA) is 93.7 Å². The summed E-state index contributed by atoms with van der Waals surface area (Å²) in [7, 11) is 0. The number of rotatable bonds is 8. The lowest BCUT2D eigenvalue weighted by atomic mass is 9.76. The smallest absolute Gasteiger partial charge is 0.408 e. The Morgan fingerprint density at radius 3 is 2.09 bits per heavy atom. The minimum Gasteiger partial charge on any atom is -0.465 e. The molecule has 0 spiro atoms. The molecule has 7 heteroatoms. The lowest BCUT2D eigenvalue weighted by Crippen LogP contribution is -2.65. The second-order valence-electron chi connectivity index (χ2n) is 9.62. The van der Waals surface area contributed by atoms with E-state index in [1.807, 2.05) is 54.6 Å². The molecular formula is C27H34N2O5. The Kier molecular flexibility index (Phi) is 7.97. The molecule has 0 radical (unpaired) electrons. The fourth-order valence-electron chi connectivity index (χ4n) is 4.45. The fourth-order valence-corrected chi connectivity index (χ4v) is 4.45. The van der Waals surface area contributed by atoms with E-state index in [9.17, 15) is 14.4 Å². The van der Waals surface area contributed by atoms with Crippen LogP contribution in [0, 0.1) is 5.92 Å². The van der Waals surface area contributed by atoms with Gasteiger partial charge in [-0.25, -0.2) is 4.79 Å². The summed E-state index contributed by atoms with van der Waals surface area (Å²) >= 11 is 0. The molecule has 0 unspecified atom stereocenters. The Balaban J connectivity index is 2.00. The third-order valence-electron chi connectivity index (χ3n) is 5.90. The summed E-state index contributed by atoms with van der Waals surface area (Å²) in [5, 5.41) is 5.66. The largest absolute Gasteiger partial charge is 0.465 e. The maximum absolute atomic E-state index is 13.8. The summed E-state index contributed by atoms with van der Waals surface area (Å²) in [5.41, 5.74) is 1.11. The van der Waals surface area contributed by atoms with Crippen LogP contribution >= 0.6 is 0 Å². The number of nitrogens with one attached hydrogen (secondary N) is 2. The number of amides is 2. The predicted molar refractivity (Wildman–Crippen MR) is 129 cm³/mol. The quantitative estimate of drug-likeness (QED) is 0.580. The minimum atomic E-state index is -1.34. The maximum atomic E-state index is 13.8. The lowest BCUT2D eigenvalue weighted by Gasteiger charge is -2.39. The number of alkyl carbamates (subject to hydrolysis) is 1. The predicted octanol–water partition coefficient (Wildman–Crippen LogP) is 3.59. The third-order valence-corrected chi connectivity index (χ3v) is 5.90. The summed E-state index contributed by atoms with van der Waals surface area (Å²) in [6.07, 6.45) is 0.808. The van der Waals surface area contributed by atoms with Crippen LogP contribution in [0.25, 0.3) is 0 Å². The van der Waals surface area contributed by atoms with Crippen LogP contribution in [0.5, 0.6) is 0 Å². The van der Waals surface area contributed by atoms with Gasteiger partial charge in [0.1, 0.15) is 17.7 Å². The van der Waals surface area contributed by atoms with E-state index in [1.165, 1.54) is 0 Å². The average Bonchev–Trinajstić information content (AvgIpc) is 3.21. The van der Waals surface area contributed by atoms with Gasteiger partial charge in [-0.3, -0.25) is 9.59 Å². The first-order chi connectivity index (χ1) is 16.1. The summed E-state index contributed by atoms with van der Waals surface area (Å²) in [5.74, 6) is -1.20. The molecule has 2 aromatic rings. The molecule has 2 N–H and O–H groups in total. The Hall–Kier alpha value is -3.35. The SMILES string of the molecule is CCOC(=O)CNC(=O)[C@](Cc1ccccc1)(NC(=O)OC(C)(C)C)C1Cc2ccccc2C1. The number of fused-ring (bicyclic) bond motifs is 1. The van der Waals surface area contributed by atoms with Gasteiger partial charge in [-0.15, -0.1) is 0 Å². The molecule has 0 heterocycles. The molecule has 0 bridgehead atoms. The van der Waals surface area contributed by atoms with Crippen LogP contribution in [0.4, 0.5) is 4.79 Å². The van der Waals surface area contributed by atoms with Crippen molar-refractivity contribution in [3.8, 4) is 0 Å². The zero-order chi connectivity index (χ0) is 24.8. The van der Waals surface area contributed by atoms with Crippen LogP contribution in [-0.2, 0) is 38.3 Å². The molecule has 0 aromatic heterocycles. The second kappa shape index (κ2) is 10.7. The van der Waals surface area contributed by atoms with Crippen molar-refractivity contribution in [2.24, 2.45) is 5.92 Å². The van der Waals surface area contributed by atoms with E-state index in [2.05, 4.69) is 10.6 Å². The average molecular weight is 467 g/mol. The Morgan fingerprint density at radius 1 is 0.941 bits per heavy atom. The van der Waals surface area contributed by atoms with E-state index in [0.29, 0.717) is 12.8 Å². The maximum Gasteiger partial charge on any atom is 0.408 e. The Labute approximate surface area is 201 Å². The highest BCUT2D eigenvalue weighted by Crippen LogP contribution is 2.36. The Bertz CT molecular complexity index is 990. The van der Waals surface area contributed by atoms with Crippen LogP contribution in [-0.4, -0.2) is 42.3 Å². The minimum absolute atomic E-state index is 0.220. The number of hydrogen-bond acceptors (Lipinski definition) is 5. The molecule has 182 valence electrons. The zero-order valence-electron chi connectivity index (χ0n) is 20.4. The van der Waals surface area contributed by atoms with Gasteiger partial charge in [0.25, 0.3) is 0 Å². The Morgan fingerprint density at radius 2 is 1.53 bits per heavy atom. The van der Waals surface area contributed by atoms with E-state index in [4.69, 9.17) is 9.47 Å². The highest BCUT2D eigenvalue weighted by Gasteiger charge is 2.49. The van der Waals surface area contributed by atoms with Gasteiger partial charge in [-0.1, -0.05) is 54.6 Å². The molecule has 0 saturated heterocycles. The van der Waals surface area contributed by atoms with E-state index in [-0.39, 0.29) is 25.5 Å². The number of ether oxygens (including phenoxy) is 2. The van der Waals surface area contributed by atoms with Crippen LogP contribution in [0.1, 0.15) is 44.4 Å². The standard InChI is InChI=1S/C27H34N2O5/c1-5-33-23(30)18-28-24(31)27(17-19-11-7-6-8-12-19,29-25(32)34-26(2,3)4)22-15-20-13-9-10-14-21(20)16-22/h6-14,22H,5,15-18H2,1-4H3,(H,28,31)(H,29,32)/t27-/m1/s1. The number of hydrogen-bond donors (Lipinski definition) is 2. The first kappa shape index (κ1) is 25.3. The molecular weight excluding hydrogens is 432 g/mol. The number of carbonyl (C=O) groups excluding carboxylic acids is 3. The van der Waals surface area contributed by atoms with Gasteiger partial charge in [-0.05, 0) is 63.1 Å². The van der Waals surface area contributed by atoms with Gasteiger partial charge >= 0.3 is 12.1 Å². The van der Waals surface area contributed by atoms with Gasteiger partial charge in [0.2, 0.25) is 5.91 Å². The molecule has 3 rings (SSSR count). The van der Waals surface area contributed by atoms with Crippen LogP contribution in [0.2, 0.25) is 0 Å². The van der Waals surface area contributed by atoms with Gasteiger partial charge in [0.05, 0.1) is 6.61 Å². The van der Waals surface area contributed by atoms with Crippen LogP contribution in [0.3, 0.4) is 0 Å². The summed E-state index contributed by atoms with van der Waals surface area (Å²) in [4.78, 5) is 38.9. The van der Waals surface area contributed by atoms with Crippen LogP contribution < -0.4 is 10.6 Å². The molecule has 1 aliphatic rings. The first-order valence-corrected chi connectivity index (χ1v) is 11.7. The summed E-state index contributed by atoms with van der Waals surface area (Å²) < 4.78 is 10.5. The first-order valence-electron chi connectivity index (χ1n) is 11.7.